The average molecular weight is 348 g/mol. The molecule has 6 heteroatoms. The standard InChI is InChI=1S/C18H24N2O3S/c1-18(2,12-21)9-6-10-19-16(22)14-11-24-17(20-14)13-7-4-5-8-15(13)23-3/h4-5,7-8,11,21H,6,9-10,12H2,1-3H3,(H,19,22). The Balaban J connectivity index is 1.94. The van der Waals surface area contributed by atoms with Crippen molar-refractivity contribution in [2.75, 3.05) is 20.3 Å². The zero-order valence-electron chi connectivity index (χ0n) is 14.3. The molecule has 130 valence electrons. The summed E-state index contributed by atoms with van der Waals surface area (Å²) < 4.78 is 5.34. The van der Waals surface area contributed by atoms with Gasteiger partial charge in [-0.25, -0.2) is 4.98 Å². The van der Waals surface area contributed by atoms with Crippen LogP contribution < -0.4 is 10.1 Å². The Labute approximate surface area is 146 Å². The summed E-state index contributed by atoms with van der Waals surface area (Å²) in [6, 6.07) is 7.62. The van der Waals surface area contributed by atoms with E-state index in [2.05, 4.69) is 10.3 Å². The van der Waals surface area contributed by atoms with Crippen LogP contribution >= 0.6 is 11.3 Å². The van der Waals surface area contributed by atoms with Gasteiger partial charge >= 0.3 is 0 Å². The summed E-state index contributed by atoms with van der Waals surface area (Å²) >= 11 is 1.42. The second kappa shape index (κ2) is 8.26. The van der Waals surface area contributed by atoms with Crippen molar-refractivity contribution >= 4 is 17.2 Å². The first-order chi connectivity index (χ1) is 11.5. The number of aliphatic hydroxyl groups is 1. The van der Waals surface area contributed by atoms with Gasteiger partial charge in [-0.3, -0.25) is 4.79 Å². The Kier molecular flexibility index (Phi) is 6.34. The Morgan fingerprint density at radius 3 is 2.83 bits per heavy atom. The van der Waals surface area contributed by atoms with Crippen LogP contribution in [0.2, 0.25) is 0 Å². The van der Waals surface area contributed by atoms with Gasteiger partial charge in [0, 0.05) is 18.5 Å². The molecule has 0 unspecified atom stereocenters. The number of hydrogen-bond acceptors (Lipinski definition) is 5. The summed E-state index contributed by atoms with van der Waals surface area (Å²) in [6.07, 6.45) is 1.68. The monoisotopic (exact) mass is 348 g/mol. The summed E-state index contributed by atoms with van der Waals surface area (Å²) in [4.78, 5) is 16.6. The number of nitrogens with one attached hydrogen (secondary N) is 1. The number of aliphatic hydroxyl groups excluding tert-OH is 1. The number of amides is 1. The molecule has 0 aliphatic heterocycles. The number of thiazole rings is 1. The molecule has 1 aromatic carbocycles. The molecule has 1 heterocycles. The average Bonchev–Trinajstić information content (AvgIpc) is 3.08. The van der Waals surface area contributed by atoms with Gasteiger partial charge in [0.05, 0.1) is 12.7 Å². The maximum atomic E-state index is 12.2. The molecule has 24 heavy (non-hydrogen) atoms. The molecule has 0 atom stereocenters. The normalized spacial score (nSPS) is 11.3. The summed E-state index contributed by atoms with van der Waals surface area (Å²) in [5.74, 6) is 0.569. The third-order valence-electron chi connectivity index (χ3n) is 3.82. The maximum Gasteiger partial charge on any atom is 0.270 e. The number of rotatable bonds is 8. The topological polar surface area (TPSA) is 71.5 Å². The van der Waals surface area contributed by atoms with Crippen LogP contribution in [0.3, 0.4) is 0 Å². The molecule has 5 nitrogen and oxygen atoms in total. The number of carbonyl (C=O) groups is 1. The molecule has 0 fully saturated rings. The van der Waals surface area contributed by atoms with E-state index < -0.39 is 0 Å². The van der Waals surface area contributed by atoms with E-state index in [1.54, 1.807) is 12.5 Å². The van der Waals surface area contributed by atoms with Gasteiger partial charge in [0.2, 0.25) is 0 Å². The Bertz CT molecular complexity index is 682. The molecular weight excluding hydrogens is 324 g/mol. The van der Waals surface area contributed by atoms with E-state index in [9.17, 15) is 9.90 Å². The van der Waals surface area contributed by atoms with Crippen molar-refractivity contribution < 1.29 is 14.6 Å². The lowest BCUT2D eigenvalue weighted by molar-refractivity contribution is 0.0944. The van der Waals surface area contributed by atoms with Crippen molar-refractivity contribution in [3.63, 3.8) is 0 Å². The third-order valence-corrected chi connectivity index (χ3v) is 4.69. The molecule has 0 aliphatic carbocycles. The van der Waals surface area contributed by atoms with Gasteiger partial charge in [-0.2, -0.15) is 0 Å². The van der Waals surface area contributed by atoms with Crippen LogP contribution in [-0.4, -0.2) is 36.3 Å². The van der Waals surface area contributed by atoms with Crippen LogP contribution in [-0.2, 0) is 0 Å². The number of aromatic nitrogens is 1. The van der Waals surface area contributed by atoms with Crippen LogP contribution in [0.1, 0.15) is 37.2 Å². The minimum atomic E-state index is -0.172. The molecule has 0 radical (unpaired) electrons. The molecule has 2 rings (SSSR count). The molecule has 0 bridgehead atoms. The second-order valence-corrected chi connectivity index (χ2v) is 7.28. The number of carbonyl (C=O) groups excluding carboxylic acids is 1. The van der Waals surface area contributed by atoms with E-state index in [-0.39, 0.29) is 17.9 Å². The number of para-hydroxylation sites is 1. The van der Waals surface area contributed by atoms with Gasteiger partial charge in [-0.15, -0.1) is 11.3 Å². The van der Waals surface area contributed by atoms with Gasteiger partial charge < -0.3 is 15.2 Å². The minimum Gasteiger partial charge on any atom is -0.496 e. The molecule has 0 aliphatic rings. The van der Waals surface area contributed by atoms with Gasteiger partial charge in [-0.1, -0.05) is 26.0 Å². The van der Waals surface area contributed by atoms with E-state index >= 15 is 0 Å². The Hall–Kier alpha value is -1.92. The number of ether oxygens (including phenoxy) is 1. The number of methoxy groups -OCH3 is 1. The Morgan fingerprint density at radius 2 is 2.12 bits per heavy atom. The first-order valence-corrected chi connectivity index (χ1v) is 8.83. The van der Waals surface area contributed by atoms with Crippen LogP contribution in [0.5, 0.6) is 5.75 Å². The number of benzene rings is 1. The molecule has 0 spiro atoms. The highest BCUT2D eigenvalue weighted by Gasteiger charge is 2.17. The van der Waals surface area contributed by atoms with Crippen LogP contribution in [0.25, 0.3) is 10.6 Å². The lowest BCUT2D eigenvalue weighted by Gasteiger charge is -2.21. The fourth-order valence-corrected chi connectivity index (χ4v) is 3.09. The van der Waals surface area contributed by atoms with Crippen molar-refractivity contribution in [2.45, 2.75) is 26.7 Å². The van der Waals surface area contributed by atoms with Crippen molar-refractivity contribution in [3.05, 3.63) is 35.3 Å². The van der Waals surface area contributed by atoms with E-state index in [1.807, 2.05) is 38.1 Å². The van der Waals surface area contributed by atoms with Crippen LogP contribution in [0.4, 0.5) is 0 Å². The fraction of sp³-hybridized carbons (Fsp3) is 0.444. The first-order valence-electron chi connectivity index (χ1n) is 7.95. The first kappa shape index (κ1) is 18.4. The maximum absolute atomic E-state index is 12.2. The van der Waals surface area contributed by atoms with E-state index in [4.69, 9.17) is 4.74 Å². The summed E-state index contributed by atoms with van der Waals surface area (Å²) in [7, 11) is 1.62. The van der Waals surface area contributed by atoms with Crippen molar-refractivity contribution in [1.82, 2.24) is 10.3 Å². The van der Waals surface area contributed by atoms with Crippen LogP contribution in [0.15, 0.2) is 29.6 Å². The predicted octanol–water partition coefficient (Wildman–Crippen LogP) is 3.35. The molecule has 2 aromatic rings. The lowest BCUT2D eigenvalue weighted by Crippen LogP contribution is -2.26. The molecule has 2 N–H and O–H groups in total. The molecule has 1 amide bonds. The second-order valence-electron chi connectivity index (χ2n) is 6.42. The summed E-state index contributed by atoms with van der Waals surface area (Å²) in [5, 5.41) is 14.6. The summed E-state index contributed by atoms with van der Waals surface area (Å²) in [5.41, 5.74) is 1.19. The van der Waals surface area contributed by atoms with Crippen molar-refractivity contribution in [1.29, 1.82) is 0 Å². The Morgan fingerprint density at radius 1 is 1.38 bits per heavy atom. The van der Waals surface area contributed by atoms with Gasteiger partial charge in [0.25, 0.3) is 5.91 Å². The highest BCUT2D eigenvalue weighted by atomic mass is 32.1. The van der Waals surface area contributed by atoms with E-state index in [0.717, 1.165) is 29.2 Å². The lowest BCUT2D eigenvalue weighted by atomic mass is 9.89. The van der Waals surface area contributed by atoms with Crippen LogP contribution in [0, 0.1) is 5.41 Å². The largest absolute Gasteiger partial charge is 0.496 e. The van der Waals surface area contributed by atoms with Gasteiger partial charge in [-0.05, 0) is 30.4 Å². The molecule has 0 saturated carbocycles. The molecule has 0 saturated heterocycles. The number of hydrogen-bond donors (Lipinski definition) is 2. The van der Waals surface area contributed by atoms with Gasteiger partial charge in [0.1, 0.15) is 16.5 Å². The zero-order valence-corrected chi connectivity index (χ0v) is 15.2. The highest BCUT2D eigenvalue weighted by Crippen LogP contribution is 2.31. The quantitative estimate of drug-likeness (QED) is 0.718. The zero-order chi connectivity index (χ0) is 17.6. The molecule has 1 aromatic heterocycles. The smallest absolute Gasteiger partial charge is 0.270 e. The predicted molar refractivity (Wildman–Crippen MR) is 96.5 cm³/mol. The van der Waals surface area contributed by atoms with Gasteiger partial charge in [0.15, 0.2) is 0 Å². The highest BCUT2D eigenvalue weighted by molar-refractivity contribution is 7.13. The van der Waals surface area contributed by atoms with E-state index in [0.29, 0.717) is 12.2 Å². The number of nitrogens with zero attached hydrogens (tertiary/aromatic N) is 1. The fourth-order valence-electron chi connectivity index (χ4n) is 2.26. The van der Waals surface area contributed by atoms with Crippen molar-refractivity contribution in [2.24, 2.45) is 5.41 Å². The van der Waals surface area contributed by atoms with E-state index in [1.165, 1.54) is 11.3 Å². The SMILES string of the molecule is COc1ccccc1-c1nc(C(=O)NCCCC(C)(C)CO)cs1. The third kappa shape index (κ3) is 4.79. The summed E-state index contributed by atoms with van der Waals surface area (Å²) in [6.45, 7) is 4.74. The minimum absolute atomic E-state index is 0.109. The molecular formula is C18H24N2O3S. The van der Waals surface area contributed by atoms with Crippen molar-refractivity contribution in [3.8, 4) is 16.3 Å².